The summed E-state index contributed by atoms with van der Waals surface area (Å²) in [6.45, 7) is 11.9. The Balaban J connectivity index is 1.55. The summed E-state index contributed by atoms with van der Waals surface area (Å²) in [7, 11) is 0. The standard InChI is InChI=1S/C22H34N4O2/c1-21(2)11-18(12-22(3,4)15-21)26-10-9-17(14-26)24-19-7-5-16(13-23-19)6-8-20(27)25-28/h5-8,13,17-18,28H,9-12,14-15H2,1-4H3,(H,23,24)(H,25,27)/b8-6+/t17-/m1/s1. The van der Waals surface area contributed by atoms with Crippen LogP contribution in [0.5, 0.6) is 0 Å². The van der Waals surface area contributed by atoms with Crippen LogP contribution in [0.3, 0.4) is 0 Å². The van der Waals surface area contributed by atoms with E-state index in [0.29, 0.717) is 22.9 Å². The lowest BCUT2D eigenvalue weighted by atomic mass is 9.63. The molecule has 0 radical (unpaired) electrons. The molecular formula is C22H34N4O2. The van der Waals surface area contributed by atoms with Crippen molar-refractivity contribution in [3.05, 3.63) is 30.0 Å². The first kappa shape index (κ1) is 20.8. The Morgan fingerprint density at radius 2 is 1.96 bits per heavy atom. The van der Waals surface area contributed by atoms with Gasteiger partial charge in [0.15, 0.2) is 0 Å². The molecule has 1 aliphatic heterocycles. The minimum Gasteiger partial charge on any atom is -0.366 e. The second-order valence-electron chi connectivity index (χ2n) is 9.98. The molecule has 1 saturated carbocycles. The van der Waals surface area contributed by atoms with Gasteiger partial charge in [0, 0.05) is 37.4 Å². The summed E-state index contributed by atoms with van der Waals surface area (Å²) in [6.07, 6.45) is 9.61. The van der Waals surface area contributed by atoms with E-state index in [1.54, 1.807) is 17.8 Å². The van der Waals surface area contributed by atoms with Gasteiger partial charge in [0.1, 0.15) is 5.82 Å². The van der Waals surface area contributed by atoms with Crippen LogP contribution in [0.4, 0.5) is 5.82 Å². The zero-order valence-corrected chi connectivity index (χ0v) is 17.5. The monoisotopic (exact) mass is 386 g/mol. The summed E-state index contributed by atoms with van der Waals surface area (Å²) >= 11 is 0. The fourth-order valence-corrected chi connectivity index (χ4v) is 5.29. The molecule has 1 aromatic heterocycles. The van der Waals surface area contributed by atoms with E-state index in [-0.39, 0.29) is 0 Å². The molecule has 3 N–H and O–H groups in total. The fraction of sp³-hybridized carbons (Fsp3) is 0.636. The van der Waals surface area contributed by atoms with Crippen molar-refractivity contribution in [3.63, 3.8) is 0 Å². The minimum absolute atomic E-state index is 0.412. The van der Waals surface area contributed by atoms with Gasteiger partial charge >= 0.3 is 0 Å². The van der Waals surface area contributed by atoms with E-state index in [1.165, 1.54) is 25.3 Å². The van der Waals surface area contributed by atoms with Crippen LogP contribution in [0, 0.1) is 10.8 Å². The maximum absolute atomic E-state index is 11.0. The van der Waals surface area contributed by atoms with Crippen LogP contribution in [-0.2, 0) is 4.79 Å². The van der Waals surface area contributed by atoms with Gasteiger partial charge < -0.3 is 5.32 Å². The van der Waals surface area contributed by atoms with E-state index in [0.717, 1.165) is 30.9 Å². The summed E-state index contributed by atoms with van der Waals surface area (Å²) in [5.74, 6) is 0.308. The molecule has 0 spiro atoms. The lowest BCUT2D eigenvalue weighted by Crippen LogP contribution is -2.46. The number of nitrogens with zero attached hydrogens (tertiary/aromatic N) is 2. The largest absolute Gasteiger partial charge is 0.366 e. The third kappa shape index (κ3) is 5.55. The summed E-state index contributed by atoms with van der Waals surface area (Å²) < 4.78 is 0. The second kappa shape index (κ2) is 8.21. The predicted molar refractivity (Wildman–Crippen MR) is 112 cm³/mol. The maximum Gasteiger partial charge on any atom is 0.267 e. The van der Waals surface area contributed by atoms with Gasteiger partial charge in [-0.15, -0.1) is 0 Å². The van der Waals surface area contributed by atoms with Crippen molar-refractivity contribution in [2.45, 2.75) is 65.5 Å². The number of anilines is 1. The molecular weight excluding hydrogens is 352 g/mol. The molecule has 6 nitrogen and oxygen atoms in total. The van der Waals surface area contributed by atoms with E-state index < -0.39 is 5.91 Å². The fourth-order valence-electron chi connectivity index (χ4n) is 5.29. The number of carbonyl (C=O) groups is 1. The summed E-state index contributed by atoms with van der Waals surface area (Å²) in [4.78, 5) is 18.2. The maximum atomic E-state index is 11.0. The van der Waals surface area contributed by atoms with Crippen molar-refractivity contribution in [2.75, 3.05) is 18.4 Å². The van der Waals surface area contributed by atoms with E-state index >= 15 is 0 Å². The number of nitrogens with one attached hydrogen (secondary N) is 2. The molecule has 2 fully saturated rings. The summed E-state index contributed by atoms with van der Waals surface area (Å²) in [6, 6.07) is 4.94. The molecule has 1 aliphatic carbocycles. The highest BCUT2D eigenvalue weighted by atomic mass is 16.5. The summed E-state index contributed by atoms with van der Waals surface area (Å²) in [5, 5.41) is 12.1. The first-order valence-corrected chi connectivity index (χ1v) is 10.2. The number of hydrogen-bond acceptors (Lipinski definition) is 5. The lowest BCUT2D eigenvalue weighted by Gasteiger charge is -2.47. The Labute approximate surface area is 168 Å². The number of likely N-dealkylation sites (tertiary alicyclic amines) is 1. The zero-order chi connectivity index (χ0) is 20.4. The van der Waals surface area contributed by atoms with E-state index in [4.69, 9.17) is 5.21 Å². The number of aromatic nitrogens is 1. The van der Waals surface area contributed by atoms with Crippen LogP contribution < -0.4 is 10.8 Å². The van der Waals surface area contributed by atoms with Crippen molar-refractivity contribution in [3.8, 4) is 0 Å². The molecule has 3 rings (SSSR count). The van der Waals surface area contributed by atoms with Crippen LogP contribution in [-0.4, -0.2) is 46.2 Å². The molecule has 0 unspecified atom stereocenters. The Bertz CT molecular complexity index is 696. The number of amides is 1. The molecule has 1 aromatic rings. The first-order valence-electron chi connectivity index (χ1n) is 10.2. The van der Waals surface area contributed by atoms with Gasteiger partial charge in [-0.2, -0.15) is 0 Å². The Morgan fingerprint density at radius 1 is 1.25 bits per heavy atom. The van der Waals surface area contributed by atoms with Crippen molar-refractivity contribution < 1.29 is 10.0 Å². The highest BCUT2D eigenvalue weighted by Gasteiger charge is 2.42. The lowest BCUT2D eigenvalue weighted by molar-refractivity contribution is -0.124. The SMILES string of the molecule is CC1(C)CC(N2CC[C@@H](Nc3ccc(/C=C/C(=O)NO)cn3)C2)CC(C)(C)C1. The van der Waals surface area contributed by atoms with E-state index in [1.807, 2.05) is 12.1 Å². The van der Waals surface area contributed by atoms with Crippen molar-refractivity contribution in [1.29, 1.82) is 0 Å². The average molecular weight is 387 g/mol. The Hall–Kier alpha value is -1.92. The third-order valence-electron chi connectivity index (χ3n) is 5.95. The average Bonchev–Trinajstić information content (AvgIpc) is 3.07. The molecule has 2 heterocycles. The topological polar surface area (TPSA) is 77.5 Å². The molecule has 1 amide bonds. The molecule has 28 heavy (non-hydrogen) atoms. The van der Waals surface area contributed by atoms with Crippen molar-refractivity contribution >= 4 is 17.8 Å². The molecule has 6 heteroatoms. The van der Waals surface area contributed by atoms with Crippen molar-refractivity contribution in [2.24, 2.45) is 10.8 Å². The van der Waals surface area contributed by atoms with E-state index in [9.17, 15) is 4.79 Å². The molecule has 0 aromatic carbocycles. The molecule has 154 valence electrons. The van der Waals surface area contributed by atoms with Gasteiger partial charge in [-0.25, -0.2) is 10.5 Å². The van der Waals surface area contributed by atoms with Gasteiger partial charge in [0.25, 0.3) is 5.91 Å². The molecule has 2 aliphatic rings. The molecule has 1 saturated heterocycles. The second-order valence-corrected chi connectivity index (χ2v) is 9.98. The van der Waals surface area contributed by atoms with Gasteiger partial charge in [0.05, 0.1) is 0 Å². The van der Waals surface area contributed by atoms with Gasteiger partial charge in [-0.1, -0.05) is 27.7 Å². The van der Waals surface area contributed by atoms with Gasteiger partial charge in [-0.05, 0) is 60.3 Å². The zero-order valence-electron chi connectivity index (χ0n) is 17.5. The third-order valence-corrected chi connectivity index (χ3v) is 5.95. The van der Waals surface area contributed by atoms with Crippen LogP contribution >= 0.6 is 0 Å². The Kier molecular flexibility index (Phi) is 6.10. The van der Waals surface area contributed by atoms with Crippen LogP contribution in [0.25, 0.3) is 6.08 Å². The number of carbonyl (C=O) groups excluding carboxylic acids is 1. The van der Waals surface area contributed by atoms with Crippen LogP contribution in [0.1, 0.15) is 58.9 Å². The minimum atomic E-state index is -0.553. The molecule has 0 bridgehead atoms. The molecule has 1 atom stereocenters. The first-order chi connectivity index (χ1) is 13.2. The Morgan fingerprint density at radius 3 is 2.57 bits per heavy atom. The predicted octanol–water partition coefficient (Wildman–Crippen LogP) is 3.69. The quantitative estimate of drug-likeness (QED) is 0.409. The number of rotatable bonds is 5. The smallest absolute Gasteiger partial charge is 0.267 e. The number of hydrogen-bond donors (Lipinski definition) is 3. The highest BCUT2D eigenvalue weighted by Crippen LogP contribution is 2.47. The van der Waals surface area contributed by atoms with Crippen molar-refractivity contribution in [1.82, 2.24) is 15.4 Å². The number of pyridine rings is 1. The van der Waals surface area contributed by atoms with Crippen LogP contribution in [0.15, 0.2) is 24.4 Å². The number of hydroxylamine groups is 1. The van der Waals surface area contributed by atoms with Gasteiger partial charge in [-0.3, -0.25) is 14.9 Å². The summed E-state index contributed by atoms with van der Waals surface area (Å²) in [5.41, 5.74) is 3.21. The normalized spacial score (nSPS) is 25.1. The van der Waals surface area contributed by atoms with E-state index in [2.05, 4.69) is 42.9 Å². The van der Waals surface area contributed by atoms with Gasteiger partial charge in [0.2, 0.25) is 0 Å². The van der Waals surface area contributed by atoms with Crippen LogP contribution in [0.2, 0.25) is 0 Å². The highest BCUT2D eigenvalue weighted by molar-refractivity contribution is 5.90.